The Morgan fingerprint density at radius 3 is 2.04 bits per heavy atom. The Morgan fingerprint density at radius 2 is 1.47 bits per heavy atom. The molecule has 3 aromatic carbocycles. The minimum atomic E-state index is -4.47. The second-order valence-electron chi connectivity index (χ2n) is 14.9. The van der Waals surface area contributed by atoms with Gasteiger partial charge >= 0.3 is 5.97 Å². The fraction of sp³-hybridized carbons (Fsp3) is 0.450. The van der Waals surface area contributed by atoms with Crippen LogP contribution < -0.4 is 0 Å². The molecule has 0 amide bonds. The zero-order valence-electron chi connectivity index (χ0n) is 30.4. The summed E-state index contributed by atoms with van der Waals surface area (Å²) in [4.78, 5) is 19.8. The van der Waals surface area contributed by atoms with Crippen molar-refractivity contribution in [2.45, 2.75) is 80.2 Å². The van der Waals surface area contributed by atoms with Gasteiger partial charge in [0.15, 0.2) is 6.10 Å². The van der Waals surface area contributed by atoms with E-state index in [4.69, 9.17) is 13.8 Å². The van der Waals surface area contributed by atoms with Gasteiger partial charge in [-0.1, -0.05) is 61.0 Å². The Balaban J connectivity index is 0.000000225. The van der Waals surface area contributed by atoms with Crippen LogP contribution in [0.4, 0.5) is 0 Å². The van der Waals surface area contributed by atoms with Gasteiger partial charge in [-0.2, -0.15) is 16.8 Å². The topological polar surface area (TPSA) is 151 Å². The summed E-state index contributed by atoms with van der Waals surface area (Å²) in [5, 5.41) is 0.0465. The lowest BCUT2D eigenvalue weighted by Crippen LogP contribution is -2.65. The first-order chi connectivity index (χ1) is 25.2. The molecule has 53 heavy (non-hydrogen) atoms. The number of benzene rings is 3. The predicted octanol–water partition coefficient (Wildman–Crippen LogP) is 6.21. The normalized spacial score (nSPS) is 23.1. The Morgan fingerprint density at radius 1 is 0.868 bits per heavy atom. The highest BCUT2D eigenvalue weighted by Gasteiger charge is 2.50. The van der Waals surface area contributed by atoms with E-state index in [2.05, 4.69) is 48.0 Å². The summed E-state index contributed by atoms with van der Waals surface area (Å²) in [5.74, 6) is 0.470. The molecule has 0 unspecified atom stereocenters. The second-order valence-corrected chi connectivity index (χ2v) is 17.7. The van der Waals surface area contributed by atoms with Gasteiger partial charge in [0.2, 0.25) is 0 Å². The summed E-state index contributed by atoms with van der Waals surface area (Å²) < 4.78 is 70.3. The van der Waals surface area contributed by atoms with Crippen LogP contribution in [0.25, 0.3) is 10.8 Å². The van der Waals surface area contributed by atoms with Gasteiger partial charge in [-0.15, -0.1) is 0 Å². The van der Waals surface area contributed by atoms with Gasteiger partial charge < -0.3 is 9.22 Å². The molecule has 11 nitrogen and oxygen atoms in total. The fourth-order valence-electron chi connectivity index (χ4n) is 8.54. The molecule has 13 heteroatoms. The molecule has 284 valence electrons. The molecule has 5 heterocycles. The average Bonchev–Trinajstić information content (AvgIpc) is 3.14. The third-order valence-corrected chi connectivity index (χ3v) is 13.3. The van der Waals surface area contributed by atoms with Crippen molar-refractivity contribution in [3.63, 3.8) is 0 Å². The van der Waals surface area contributed by atoms with Crippen molar-refractivity contribution in [2.75, 3.05) is 39.3 Å². The maximum absolute atomic E-state index is 14.0. The number of hydrogen-bond donors (Lipinski definition) is 2. The molecule has 4 aromatic rings. The van der Waals surface area contributed by atoms with Crippen molar-refractivity contribution in [2.24, 2.45) is 5.92 Å². The largest absolute Gasteiger partial charge is 0.454 e. The van der Waals surface area contributed by atoms with E-state index < -0.39 is 35.6 Å². The second kappa shape index (κ2) is 15.9. The summed E-state index contributed by atoms with van der Waals surface area (Å²) in [7, 11) is -8.94. The number of likely N-dealkylation sites (tertiary alicyclic amines) is 1. The number of carbonyl (C=O) groups excluding carboxylic acids is 1. The van der Waals surface area contributed by atoms with Crippen LogP contribution in [0.5, 0.6) is 0 Å². The summed E-state index contributed by atoms with van der Waals surface area (Å²) >= 11 is 0. The molecule has 4 fully saturated rings. The van der Waals surface area contributed by atoms with Crippen LogP contribution in [0.1, 0.15) is 62.3 Å². The molecule has 0 spiro atoms. The molecule has 4 aliphatic heterocycles. The zero-order valence-corrected chi connectivity index (χ0v) is 32.1. The highest BCUT2D eigenvalue weighted by molar-refractivity contribution is 7.86. The lowest BCUT2D eigenvalue weighted by molar-refractivity contribution is -0.946. The van der Waals surface area contributed by atoms with Crippen molar-refractivity contribution in [3.8, 4) is 0 Å². The number of nitrogens with zero attached hydrogens (tertiary/aromatic N) is 3. The molecule has 4 aliphatic rings. The van der Waals surface area contributed by atoms with Crippen molar-refractivity contribution >= 4 is 37.0 Å². The van der Waals surface area contributed by atoms with Crippen LogP contribution in [0.2, 0.25) is 0 Å². The maximum atomic E-state index is 14.0. The number of esters is 1. The molecule has 0 saturated carbocycles. The third kappa shape index (κ3) is 8.82. The molecular formula is C40H50N3O8S2+. The van der Waals surface area contributed by atoms with Crippen LogP contribution in [0.3, 0.4) is 0 Å². The first kappa shape index (κ1) is 39.0. The fourth-order valence-corrected chi connectivity index (χ4v) is 9.95. The van der Waals surface area contributed by atoms with Gasteiger partial charge in [0, 0.05) is 47.8 Å². The van der Waals surface area contributed by atoms with E-state index in [1.807, 2.05) is 24.4 Å². The zero-order chi connectivity index (χ0) is 37.9. The number of quaternary nitrogens is 1. The number of aryl methyl sites for hydroxylation is 2. The van der Waals surface area contributed by atoms with Crippen LogP contribution in [-0.4, -0.2) is 91.6 Å². The van der Waals surface area contributed by atoms with Crippen molar-refractivity contribution in [1.29, 1.82) is 0 Å². The average molecular weight is 765 g/mol. The lowest BCUT2D eigenvalue weighted by atomic mass is 9.82. The molecule has 8 rings (SSSR count). The van der Waals surface area contributed by atoms with E-state index in [0.29, 0.717) is 5.92 Å². The summed E-state index contributed by atoms with van der Waals surface area (Å²) in [5.41, 5.74) is 2.82. The number of ether oxygens (including phenoxy) is 1. The molecular weight excluding hydrogens is 715 g/mol. The van der Waals surface area contributed by atoms with E-state index in [1.165, 1.54) is 75.1 Å². The predicted molar refractivity (Wildman–Crippen MR) is 202 cm³/mol. The van der Waals surface area contributed by atoms with Crippen LogP contribution in [-0.2, 0) is 41.7 Å². The first-order valence-electron chi connectivity index (χ1n) is 18.4. The highest BCUT2D eigenvalue weighted by Crippen LogP contribution is 2.39. The van der Waals surface area contributed by atoms with Crippen LogP contribution in [0, 0.1) is 12.8 Å². The quantitative estimate of drug-likeness (QED) is 0.108. The Kier molecular flexibility index (Phi) is 11.7. The summed E-state index contributed by atoms with van der Waals surface area (Å²) in [6.07, 6.45) is 10.1. The monoisotopic (exact) mass is 764 g/mol. The van der Waals surface area contributed by atoms with Crippen molar-refractivity contribution in [3.05, 3.63) is 102 Å². The molecule has 0 aliphatic carbocycles. The summed E-state index contributed by atoms with van der Waals surface area (Å²) in [6.45, 7) is 10.7. The molecule has 2 N–H and O–H groups in total. The Labute approximate surface area is 313 Å². The number of aromatic nitrogens is 1. The van der Waals surface area contributed by atoms with Gasteiger partial charge in [0.05, 0.1) is 19.6 Å². The standard InChI is InChI=1S/C30H42N3O2.C10H8O6S2/c1-24-22-25(13-16-31-24)10-9-19-33-20-14-26(15-21-33)28(23-33)35-29(34)30(2,27-11-5-3-6-12-27)32-17-7-4-8-18-32;11-17(12,13)9-5-1-3-7-8(9)4-2-6-10(7)18(14,15)16/h3,5-6,11-13,16,22,26,28H,4,7-10,14-15,17-21,23H2,1-2H3;1-6H,(H,11,12,13)(H,14,15,16)/q+1;/t26?,28-,30-,33?;/m0./s1. The molecule has 2 atom stereocenters. The Bertz CT molecular complexity index is 2060. The van der Waals surface area contributed by atoms with Crippen molar-refractivity contribution in [1.82, 2.24) is 9.88 Å². The number of piperidine rings is 4. The summed E-state index contributed by atoms with van der Waals surface area (Å²) in [6, 6.07) is 22.2. The first-order valence-corrected chi connectivity index (χ1v) is 21.3. The van der Waals surface area contributed by atoms with E-state index in [9.17, 15) is 21.6 Å². The van der Waals surface area contributed by atoms with E-state index in [-0.39, 0.29) is 22.8 Å². The Hall–Kier alpha value is -3.72. The number of hydrogen-bond acceptors (Lipinski definition) is 8. The van der Waals surface area contributed by atoms with Crippen molar-refractivity contribution < 1.29 is 40.0 Å². The number of carbonyl (C=O) groups is 1. The minimum Gasteiger partial charge on any atom is -0.454 e. The van der Waals surface area contributed by atoms with Gasteiger partial charge in [-0.05, 0) is 81.6 Å². The molecule has 2 bridgehead atoms. The molecule has 4 saturated heterocycles. The van der Waals surface area contributed by atoms with Gasteiger partial charge in [-0.25, -0.2) is 4.79 Å². The van der Waals surface area contributed by atoms with E-state index >= 15 is 0 Å². The number of fused-ring (bicyclic) bond motifs is 4. The lowest BCUT2D eigenvalue weighted by Gasteiger charge is -2.53. The SMILES string of the molecule is Cc1cc(CCC[N+]23CCC(CC2)[C@@H](OC(=O)[C@](C)(c2ccccc2)N2CCCCC2)C3)ccn1.O=S(=O)(O)c1cccc2c(S(=O)(=O)O)cccc12. The van der Waals surface area contributed by atoms with E-state index in [0.717, 1.165) is 66.8 Å². The highest BCUT2D eigenvalue weighted by atomic mass is 32.2. The number of rotatable bonds is 10. The van der Waals surface area contributed by atoms with Crippen LogP contribution >= 0.6 is 0 Å². The smallest absolute Gasteiger partial charge is 0.331 e. The maximum Gasteiger partial charge on any atom is 0.331 e. The van der Waals surface area contributed by atoms with Crippen LogP contribution in [0.15, 0.2) is 94.9 Å². The minimum absolute atomic E-state index is 0.0233. The van der Waals surface area contributed by atoms with Gasteiger partial charge in [0.1, 0.15) is 21.9 Å². The molecule has 0 radical (unpaired) electrons. The van der Waals surface area contributed by atoms with Gasteiger partial charge in [0.25, 0.3) is 20.2 Å². The van der Waals surface area contributed by atoms with Gasteiger partial charge in [-0.3, -0.25) is 19.0 Å². The van der Waals surface area contributed by atoms with E-state index in [1.54, 1.807) is 0 Å². The third-order valence-electron chi connectivity index (χ3n) is 11.5. The molecule has 1 aromatic heterocycles. The number of pyridine rings is 1.